The van der Waals surface area contributed by atoms with Crippen LogP contribution < -0.4 is 10.3 Å². The smallest absolute Gasteiger partial charge is 0.287 e. The monoisotopic (exact) mass is 463 g/mol. The van der Waals surface area contributed by atoms with Crippen LogP contribution in [0.3, 0.4) is 0 Å². The highest BCUT2D eigenvalue weighted by Crippen LogP contribution is 2.22. The van der Waals surface area contributed by atoms with E-state index in [9.17, 15) is 14.9 Å². The number of nitro groups is 1. The summed E-state index contributed by atoms with van der Waals surface area (Å²) in [6.45, 7) is 0. The maximum atomic E-state index is 13.2. The Labute approximate surface area is 198 Å². The Balaban J connectivity index is 1.44. The van der Waals surface area contributed by atoms with Gasteiger partial charge in [-0.15, -0.1) is 0 Å². The van der Waals surface area contributed by atoms with Gasteiger partial charge in [-0.2, -0.15) is 9.78 Å². The van der Waals surface area contributed by atoms with Crippen molar-refractivity contribution in [3.63, 3.8) is 0 Å². The SMILES string of the molecule is O=c1c2ccccc2nc(-c2ccccc2)n1N=Cc1ccc(Oc2ccc([N+](=O)[O-])cn2)cc1. The molecule has 0 amide bonds. The quantitative estimate of drug-likeness (QED) is 0.198. The fourth-order valence-electron chi connectivity index (χ4n) is 3.41. The van der Waals surface area contributed by atoms with Crippen LogP contribution in [0.5, 0.6) is 11.6 Å². The first kappa shape index (κ1) is 21.7. The van der Waals surface area contributed by atoms with Crippen molar-refractivity contribution in [1.82, 2.24) is 14.6 Å². The van der Waals surface area contributed by atoms with Crippen LogP contribution in [-0.4, -0.2) is 25.8 Å². The molecule has 2 aromatic heterocycles. The number of aromatic nitrogens is 3. The molecule has 0 aliphatic carbocycles. The van der Waals surface area contributed by atoms with E-state index in [1.165, 1.54) is 16.8 Å². The molecule has 0 bridgehead atoms. The maximum Gasteiger partial charge on any atom is 0.287 e. The molecule has 0 saturated carbocycles. The minimum atomic E-state index is -0.523. The summed E-state index contributed by atoms with van der Waals surface area (Å²) < 4.78 is 6.93. The van der Waals surface area contributed by atoms with Crippen molar-refractivity contribution < 1.29 is 9.66 Å². The van der Waals surface area contributed by atoms with E-state index < -0.39 is 4.92 Å². The van der Waals surface area contributed by atoms with Crippen LogP contribution >= 0.6 is 0 Å². The van der Waals surface area contributed by atoms with Crippen molar-refractivity contribution >= 4 is 22.8 Å². The van der Waals surface area contributed by atoms with Gasteiger partial charge < -0.3 is 4.74 Å². The summed E-state index contributed by atoms with van der Waals surface area (Å²) >= 11 is 0. The van der Waals surface area contributed by atoms with Gasteiger partial charge in [0, 0.05) is 17.7 Å². The Hall–Kier alpha value is -5.18. The van der Waals surface area contributed by atoms with Gasteiger partial charge >= 0.3 is 0 Å². The fraction of sp³-hybridized carbons (Fsp3) is 0. The Bertz CT molecular complexity index is 1600. The van der Waals surface area contributed by atoms with E-state index >= 15 is 0 Å². The van der Waals surface area contributed by atoms with Gasteiger partial charge in [-0.3, -0.25) is 14.9 Å². The molecular weight excluding hydrogens is 446 g/mol. The highest BCUT2D eigenvalue weighted by Gasteiger charge is 2.12. The second-order valence-electron chi connectivity index (χ2n) is 7.46. The summed E-state index contributed by atoms with van der Waals surface area (Å²) in [6.07, 6.45) is 2.70. The zero-order valence-corrected chi connectivity index (χ0v) is 18.2. The van der Waals surface area contributed by atoms with E-state index in [0.29, 0.717) is 22.5 Å². The molecule has 5 aromatic rings. The molecule has 9 nitrogen and oxygen atoms in total. The number of nitrogens with zero attached hydrogens (tertiary/aromatic N) is 5. The van der Waals surface area contributed by atoms with Gasteiger partial charge in [-0.25, -0.2) is 9.97 Å². The van der Waals surface area contributed by atoms with Crippen LogP contribution in [0.15, 0.2) is 107 Å². The lowest BCUT2D eigenvalue weighted by Gasteiger charge is -2.09. The molecule has 35 heavy (non-hydrogen) atoms. The van der Waals surface area contributed by atoms with Gasteiger partial charge in [0.25, 0.3) is 11.2 Å². The maximum absolute atomic E-state index is 13.2. The van der Waals surface area contributed by atoms with E-state index in [4.69, 9.17) is 4.74 Å². The number of hydrogen-bond acceptors (Lipinski definition) is 7. The molecule has 5 rings (SSSR count). The summed E-state index contributed by atoms with van der Waals surface area (Å²) in [6, 6.07) is 26.3. The summed E-state index contributed by atoms with van der Waals surface area (Å²) in [4.78, 5) is 32.0. The first-order chi connectivity index (χ1) is 17.1. The number of rotatable bonds is 6. The first-order valence-corrected chi connectivity index (χ1v) is 10.6. The fourth-order valence-corrected chi connectivity index (χ4v) is 3.41. The van der Waals surface area contributed by atoms with Gasteiger partial charge in [0.2, 0.25) is 5.88 Å². The van der Waals surface area contributed by atoms with Gasteiger partial charge in [-0.1, -0.05) is 42.5 Å². The lowest BCUT2D eigenvalue weighted by atomic mass is 10.2. The summed E-state index contributed by atoms with van der Waals surface area (Å²) in [5, 5.41) is 15.7. The predicted molar refractivity (Wildman–Crippen MR) is 132 cm³/mol. The number of benzene rings is 3. The Morgan fingerprint density at radius 3 is 2.37 bits per heavy atom. The van der Waals surface area contributed by atoms with Crippen LogP contribution in [0.2, 0.25) is 0 Å². The van der Waals surface area contributed by atoms with E-state index in [0.717, 1.165) is 17.3 Å². The highest BCUT2D eigenvalue weighted by atomic mass is 16.6. The Morgan fingerprint density at radius 1 is 0.914 bits per heavy atom. The van der Waals surface area contributed by atoms with Crippen molar-refractivity contribution in [3.05, 3.63) is 123 Å². The van der Waals surface area contributed by atoms with Crippen LogP contribution in [0, 0.1) is 10.1 Å². The van der Waals surface area contributed by atoms with Crippen molar-refractivity contribution in [2.75, 3.05) is 0 Å². The van der Waals surface area contributed by atoms with Crippen LogP contribution in [0.1, 0.15) is 5.56 Å². The zero-order valence-electron chi connectivity index (χ0n) is 18.2. The molecule has 0 fully saturated rings. The van der Waals surface area contributed by atoms with Crippen molar-refractivity contribution in [1.29, 1.82) is 0 Å². The van der Waals surface area contributed by atoms with E-state index in [2.05, 4.69) is 15.1 Å². The summed E-state index contributed by atoms with van der Waals surface area (Å²) in [5.41, 5.74) is 1.72. The second-order valence-corrected chi connectivity index (χ2v) is 7.46. The van der Waals surface area contributed by atoms with Crippen LogP contribution in [-0.2, 0) is 0 Å². The molecular formula is C26H17N5O4. The van der Waals surface area contributed by atoms with Gasteiger partial charge in [0.05, 0.1) is 22.0 Å². The number of fused-ring (bicyclic) bond motifs is 1. The van der Waals surface area contributed by atoms with Gasteiger partial charge in [0.1, 0.15) is 11.9 Å². The van der Waals surface area contributed by atoms with Crippen LogP contribution in [0.4, 0.5) is 5.69 Å². The third-order valence-electron chi connectivity index (χ3n) is 5.14. The predicted octanol–water partition coefficient (Wildman–Crippen LogP) is 5.04. The van der Waals surface area contributed by atoms with Crippen molar-refractivity contribution in [2.24, 2.45) is 5.10 Å². The first-order valence-electron chi connectivity index (χ1n) is 10.6. The van der Waals surface area contributed by atoms with Crippen molar-refractivity contribution in [3.8, 4) is 23.0 Å². The molecule has 0 unspecified atom stereocenters. The molecule has 0 radical (unpaired) electrons. The lowest BCUT2D eigenvalue weighted by Crippen LogP contribution is -2.20. The molecule has 170 valence electrons. The Morgan fingerprint density at radius 2 is 1.66 bits per heavy atom. The van der Waals surface area contributed by atoms with E-state index in [1.807, 2.05) is 36.4 Å². The molecule has 0 atom stereocenters. The van der Waals surface area contributed by atoms with Crippen LogP contribution in [0.25, 0.3) is 22.3 Å². The molecule has 0 N–H and O–H groups in total. The third-order valence-corrected chi connectivity index (χ3v) is 5.14. The zero-order chi connectivity index (χ0) is 24.2. The Kier molecular flexibility index (Phi) is 5.79. The number of para-hydroxylation sites is 1. The lowest BCUT2D eigenvalue weighted by molar-refractivity contribution is -0.385. The molecule has 9 heteroatoms. The van der Waals surface area contributed by atoms with Gasteiger partial charge in [-0.05, 0) is 42.0 Å². The molecule has 0 saturated heterocycles. The molecule has 0 aliphatic rings. The average molecular weight is 463 g/mol. The molecule has 0 aliphatic heterocycles. The second kappa shape index (κ2) is 9.36. The summed E-state index contributed by atoms with van der Waals surface area (Å²) in [7, 11) is 0. The standard InChI is InChI=1S/C26H17N5O4/c32-26-22-8-4-5-9-23(22)29-25(19-6-2-1-3-7-19)30(26)28-16-18-10-13-21(14-11-18)35-24-15-12-20(17-27-24)31(33)34/h1-17H. The topological polar surface area (TPSA) is 113 Å². The van der Waals surface area contributed by atoms with E-state index in [-0.39, 0.29) is 17.1 Å². The summed E-state index contributed by atoms with van der Waals surface area (Å²) in [5.74, 6) is 1.17. The molecule has 2 heterocycles. The normalized spacial score (nSPS) is 11.1. The molecule has 0 spiro atoms. The van der Waals surface area contributed by atoms with Crippen molar-refractivity contribution in [2.45, 2.75) is 0 Å². The molecule has 3 aromatic carbocycles. The third kappa shape index (κ3) is 4.64. The number of ether oxygens (including phenoxy) is 1. The minimum Gasteiger partial charge on any atom is -0.439 e. The number of hydrogen-bond donors (Lipinski definition) is 0. The highest BCUT2D eigenvalue weighted by molar-refractivity contribution is 5.82. The largest absolute Gasteiger partial charge is 0.439 e. The van der Waals surface area contributed by atoms with E-state index in [1.54, 1.807) is 48.7 Å². The minimum absolute atomic E-state index is 0.114. The average Bonchev–Trinajstić information content (AvgIpc) is 2.90. The number of pyridine rings is 1. The van der Waals surface area contributed by atoms with Gasteiger partial charge in [0.15, 0.2) is 5.82 Å².